The van der Waals surface area contributed by atoms with Crippen molar-refractivity contribution in [1.82, 2.24) is 0 Å². The number of unbranched alkanes of at least 4 members (excludes halogenated alkanes) is 2. The predicted octanol–water partition coefficient (Wildman–Crippen LogP) is 1.58. The fourth-order valence-corrected chi connectivity index (χ4v) is 1.66. The number of hydrogen-bond donors (Lipinski definition) is 2. The zero-order valence-electron chi connectivity index (χ0n) is 10.5. The molecule has 0 heterocycles. The number of carboxylic acids is 1. The molecule has 0 aromatic carbocycles. The molecule has 0 aromatic heterocycles. The van der Waals surface area contributed by atoms with Crippen molar-refractivity contribution in [1.29, 1.82) is 0 Å². The average molecular weight is 246 g/mol. The Morgan fingerprint density at radius 1 is 1.24 bits per heavy atom. The summed E-state index contributed by atoms with van der Waals surface area (Å²) in [5.74, 6) is -2.29. The summed E-state index contributed by atoms with van der Waals surface area (Å²) >= 11 is 0. The summed E-state index contributed by atoms with van der Waals surface area (Å²) in [5, 5.41) is 18.2. The SMILES string of the molecule is CCCCCC(CC(=O)OCC)C(O)C(=O)O. The molecule has 100 valence electrons. The largest absolute Gasteiger partial charge is 0.479 e. The Bertz CT molecular complexity index is 239. The molecule has 0 rings (SSSR count). The van der Waals surface area contributed by atoms with Gasteiger partial charge in [-0.2, -0.15) is 0 Å². The fraction of sp³-hybridized carbons (Fsp3) is 0.833. The molecule has 0 spiro atoms. The molecule has 0 saturated carbocycles. The van der Waals surface area contributed by atoms with Gasteiger partial charge in [-0.05, 0) is 13.3 Å². The zero-order chi connectivity index (χ0) is 13.3. The van der Waals surface area contributed by atoms with E-state index < -0.39 is 24.0 Å². The second-order valence-electron chi connectivity index (χ2n) is 4.05. The fourth-order valence-electron chi connectivity index (χ4n) is 1.66. The molecule has 5 heteroatoms. The average Bonchev–Trinajstić information content (AvgIpc) is 2.27. The van der Waals surface area contributed by atoms with E-state index in [1.165, 1.54) is 0 Å². The summed E-state index contributed by atoms with van der Waals surface area (Å²) in [6.45, 7) is 4.00. The van der Waals surface area contributed by atoms with E-state index in [0.717, 1.165) is 19.3 Å². The third-order valence-electron chi connectivity index (χ3n) is 2.61. The van der Waals surface area contributed by atoms with Gasteiger partial charge < -0.3 is 14.9 Å². The van der Waals surface area contributed by atoms with Gasteiger partial charge in [0.25, 0.3) is 0 Å². The van der Waals surface area contributed by atoms with Gasteiger partial charge in [-0.1, -0.05) is 26.2 Å². The van der Waals surface area contributed by atoms with E-state index in [-0.39, 0.29) is 13.0 Å². The maximum Gasteiger partial charge on any atom is 0.332 e. The van der Waals surface area contributed by atoms with Crippen LogP contribution in [0.4, 0.5) is 0 Å². The highest BCUT2D eigenvalue weighted by Crippen LogP contribution is 2.19. The summed E-state index contributed by atoms with van der Waals surface area (Å²) in [7, 11) is 0. The molecule has 0 aromatic rings. The first-order valence-corrected chi connectivity index (χ1v) is 6.09. The monoisotopic (exact) mass is 246 g/mol. The van der Waals surface area contributed by atoms with Crippen LogP contribution in [0.1, 0.15) is 46.0 Å². The molecule has 0 aliphatic rings. The van der Waals surface area contributed by atoms with E-state index in [0.29, 0.717) is 6.42 Å². The summed E-state index contributed by atoms with van der Waals surface area (Å²) in [4.78, 5) is 22.0. The number of hydrogen-bond acceptors (Lipinski definition) is 4. The van der Waals surface area contributed by atoms with Gasteiger partial charge in [-0.15, -0.1) is 0 Å². The Morgan fingerprint density at radius 2 is 1.88 bits per heavy atom. The number of aliphatic hydroxyl groups is 1. The van der Waals surface area contributed by atoms with Crippen LogP contribution in [-0.4, -0.2) is 34.9 Å². The van der Waals surface area contributed by atoms with E-state index in [9.17, 15) is 14.7 Å². The van der Waals surface area contributed by atoms with Crippen molar-refractivity contribution in [2.45, 2.75) is 52.1 Å². The number of carboxylic acid groups (broad SMARTS) is 1. The molecule has 5 nitrogen and oxygen atoms in total. The van der Waals surface area contributed by atoms with Crippen molar-refractivity contribution in [2.75, 3.05) is 6.61 Å². The molecule has 17 heavy (non-hydrogen) atoms. The van der Waals surface area contributed by atoms with Crippen molar-refractivity contribution in [3.8, 4) is 0 Å². The summed E-state index contributed by atoms with van der Waals surface area (Å²) in [6.07, 6.45) is 1.79. The lowest BCUT2D eigenvalue weighted by Gasteiger charge is -2.18. The number of esters is 1. The molecule has 0 bridgehead atoms. The summed E-state index contributed by atoms with van der Waals surface area (Å²) < 4.78 is 4.77. The molecule has 0 aliphatic carbocycles. The first kappa shape index (κ1) is 15.9. The van der Waals surface area contributed by atoms with Crippen LogP contribution in [0.3, 0.4) is 0 Å². The number of ether oxygens (including phenoxy) is 1. The molecule has 2 N–H and O–H groups in total. The highest BCUT2D eigenvalue weighted by atomic mass is 16.5. The van der Waals surface area contributed by atoms with Gasteiger partial charge in [0, 0.05) is 5.92 Å². The zero-order valence-corrected chi connectivity index (χ0v) is 10.5. The molecule has 2 unspecified atom stereocenters. The van der Waals surface area contributed by atoms with Gasteiger partial charge in [0.05, 0.1) is 13.0 Å². The van der Waals surface area contributed by atoms with E-state index in [1.54, 1.807) is 6.92 Å². The van der Waals surface area contributed by atoms with Crippen LogP contribution < -0.4 is 0 Å². The first-order valence-electron chi connectivity index (χ1n) is 6.09. The Kier molecular flexibility index (Phi) is 8.40. The van der Waals surface area contributed by atoms with Crippen LogP contribution in [0, 0.1) is 5.92 Å². The Labute approximate surface area is 102 Å². The minimum Gasteiger partial charge on any atom is -0.479 e. The highest BCUT2D eigenvalue weighted by Gasteiger charge is 2.27. The number of rotatable bonds is 9. The van der Waals surface area contributed by atoms with Crippen LogP contribution in [0.5, 0.6) is 0 Å². The lowest BCUT2D eigenvalue weighted by molar-refractivity contribution is -0.153. The molecule has 2 atom stereocenters. The van der Waals surface area contributed by atoms with Gasteiger partial charge in [0.2, 0.25) is 0 Å². The first-order chi connectivity index (χ1) is 8.02. The smallest absolute Gasteiger partial charge is 0.332 e. The molecule has 0 amide bonds. The molecular weight excluding hydrogens is 224 g/mol. The quantitative estimate of drug-likeness (QED) is 0.476. The lowest BCUT2D eigenvalue weighted by atomic mass is 9.92. The second-order valence-corrected chi connectivity index (χ2v) is 4.05. The minimum atomic E-state index is -1.49. The number of aliphatic hydroxyl groups excluding tert-OH is 1. The Hall–Kier alpha value is -1.10. The van der Waals surface area contributed by atoms with Crippen molar-refractivity contribution < 1.29 is 24.5 Å². The van der Waals surface area contributed by atoms with Crippen molar-refractivity contribution >= 4 is 11.9 Å². The van der Waals surface area contributed by atoms with Crippen molar-refractivity contribution in [3.05, 3.63) is 0 Å². The van der Waals surface area contributed by atoms with E-state index in [4.69, 9.17) is 9.84 Å². The van der Waals surface area contributed by atoms with E-state index >= 15 is 0 Å². The van der Waals surface area contributed by atoms with Gasteiger partial charge in [-0.3, -0.25) is 4.79 Å². The van der Waals surface area contributed by atoms with Crippen LogP contribution in [0.15, 0.2) is 0 Å². The van der Waals surface area contributed by atoms with Crippen LogP contribution >= 0.6 is 0 Å². The molecule has 0 saturated heterocycles. The van der Waals surface area contributed by atoms with E-state index in [1.807, 2.05) is 6.92 Å². The third kappa shape index (κ3) is 6.94. The van der Waals surface area contributed by atoms with Crippen LogP contribution in [0.25, 0.3) is 0 Å². The molecule has 0 fully saturated rings. The third-order valence-corrected chi connectivity index (χ3v) is 2.61. The maximum atomic E-state index is 11.3. The Balaban J connectivity index is 4.28. The molecule has 0 radical (unpaired) electrons. The maximum absolute atomic E-state index is 11.3. The minimum absolute atomic E-state index is 0.0367. The highest BCUT2D eigenvalue weighted by molar-refractivity contribution is 5.75. The van der Waals surface area contributed by atoms with Gasteiger partial charge in [0.15, 0.2) is 6.10 Å². The van der Waals surface area contributed by atoms with E-state index in [2.05, 4.69) is 0 Å². The lowest BCUT2D eigenvalue weighted by Crippen LogP contribution is -2.31. The van der Waals surface area contributed by atoms with Crippen LogP contribution in [-0.2, 0) is 14.3 Å². The second kappa shape index (κ2) is 8.98. The van der Waals surface area contributed by atoms with Crippen molar-refractivity contribution in [3.63, 3.8) is 0 Å². The summed E-state index contributed by atoms with van der Waals surface area (Å²) in [6, 6.07) is 0. The van der Waals surface area contributed by atoms with Crippen LogP contribution in [0.2, 0.25) is 0 Å². The van der Waals surface area contributed by atoms with Crippen molar-refractivity contribution in [2.24, 2.45) is 5.92 Å². The van der Waals surface area contributed by atoms with Gasteiger partial charge >= 0.3 is 11.9 Å². The molecular formula is C12H22O5. The number of aliphatic carboxylic acids is 1. The summed E-state index contributed by atoms with van der Waals surface area (Å²) in [5.41, 5.74) is 0. The topological polar surface area (TPSA) is 83.8 Å². The Morgan fingerprint density at radius 3 is 2.35 bits per heavy atom. The number of carbonyl (C=O) groups excluding carboxylic acids is 1. The molecule has 0 aliphatic heterocycles. The normalized spacial score (nSPS) is 14.1. The van der Waals surface area contributed by atoms with Gasteiger partial charge in [-0.25, -0.2) is 4.79 Å². The number of carbonyl (C=O) groups is 2. The predicted molar refractivity (Wildman–Crippen MR) is 62.5 cm³/mol. The standard InChI is InChI=1S/C12H22O5/c1-3-5-6-7-9(11(14)12(15)16)8-10(13)17-4-2/h9,11,14H,3-8H2,1-2H3,(H,15,16). The van der Waals surface area contributed by atoms with Gasteiger partial charge in [0.1, 0.15) is 0 Å².